The summed E-state index contributed by atoms with van der Waals surface area (Å²) in [5.74, 6) is 0. The van der Waals surface area contributed by atoms with Gasteiger partial charge in [0.05, 0.1) is 0 Å². The standard InChI is InChI=1S/C11H15FN2/c12-11(4-3-10(13)7-11)6-9-2-1-5-14-8-9/h1-2,5,8,10H,3-4,6-7,13H2. The van der Waals surface area contributed by atoms with Gasteiger partial charge in [-0.1, -0.05) is 6.07 Å². The molecule has 0 spiro atoms. The van der Waals surface area contributed by atoms with Gasteiger partial charge in [-0.05, 0) is 30.9 Å². The Labute approximate surface area is 83.3 Å². The maximum absolute atomic E-state index is 14.1. The monoisotopic (exact) mass is 194 g/mol. The number of nitrogens with zero attached hydrogens (tertiary/aromatic N) is 1. The first kappa shape index (κ1) is 9.59. The highest BCUT2D eigenvalue weighted by Crippen LogP contribution is 2.35. The summed E-state index contributed by atoms with van der Waals surface area (Å²) < 4.78 is 14.1. The number of hydrogen-bond acceptors (Lipinski definition) is 2. The maximum Gasteiger partial charge on any atom is 0.116 e. The highest BCUT2D eigenvalue weighted by Gasteiger charge is 2.37. The van der Waals surface area contributed by atoms with Crippen molar-refractivity contribution in [1.82, 2.24) is 4.98 Å². The second-order valence-corrected chi connectivity index (χ2v) is 4.19. The van der Waals surface area contributed by atoms with Crippen LogP contribution in [0.1, 0.15) is 24.8 Å². The summed E-state index contributed by atoms with van der Waals surface area (Å²) in [5, 5.41) is 0. The molecule has 0 amide bonds. The van der Waals surface area contributed by atoms with Crippen molar-refractivity contribution in [3.63, 3.8) is 0 Å². The molecule has 0 aromatic carbocycles. The summed E-state index contributed by atoms with van der Waals surface area (Å²) in [4.78, 5) is 3.98. The Morgan fingerprint density at radius 2 is 2.50 bits per heavy atom. The molecule has 2 rings (SSSR count). The molecule has 3 heteroatoms. The minimum Gasteiger partial charge on any atom is -0.328 e. The highest BCUT2D eigenvalue weighted by atomic mass is 19.1. The Morgan fingerprint density at radius 1 is 1.64 bits per heavy atom. The van der Waals surface area contributed by atoms with Crippen molar-refractivity contribution in [3.05, 3.63) is 30.1 Å². The summed E-state index contributed by atoms with van der Waals surface area (Å²) in [5.41, 5.74) is 5.58. The summed E-state index contributed by atoms with van der Waals surface area (Å²) in [6.45, 7) is 0. The molecule has 1 saturated carbocycles. The van der Waals surface area contributed by atoms with Gasteiger partial charge < -0.3 is 5.73 Å². The van der Waals surface area contributed by atoms with E-state index >= 15 is 0 Å². The molecule has 2 N–H and O–H groups in total. The zero-order chi connectivity index (χ0) is 10.0. The van der Waals surface area contributed by atoms with E-state index in [0.29, 0.717) is 19.3 Å². The first-order valence-electron chi connectivity index (χ1n) is 5.01. The Bertz CT molecular complexity index is 301. The molecule has 1 fully saturated rings. The lowest BCUT2D eigenvalue weighted by Gasteiger charge is -2.18. The number of rotatable bonds is 2. The molecule has 1 aliphatic rings. The summed E-state index contributed by atoms with van der Waals surface area (Å²) in [6.07, 6.45) is 5.76. The molecule has 0 bridgehead atoms. The fraction of sp³-hybridized carbons (Fsp3) is 0.545. The third kappa shape index (κ3) is 2.10. The van der Waals surface area contributed by atoms with Crippen LogP contribution in [0.2, 0.25) is 0 Å². The largest absolute Gasteiger partial charge is 0.328 e. The average Bonchev–Trinajstić information content (AvgIpc) is 2.47. The smallest absolute Gasteiger partial charge is 0.116 e. The summed E-state index contributed by atoms with van der Waals surface area (Å²) >= 11 is 0. The second-order valence-electron chi connectivity index (χ2n) is 4.19. The molecule has 2 atom stereocenters. The van der Waals surface area contributed by atoms with Crippen LogP contribution in [-0.2, 0) is 6.42 Å². The van der Waals surface area contributed by atoms with Crippen molar-refractivity contribution < 1.29 is 4.39 Å². The van der Waals surface area contributed by atoms with Gasteiger partial charge >= 0.3 is 0 Å². The van der Waals surface area contributed by atoms with Crippen molar-refractivity contribution in [1.29, 1.82) is 0 Å². The number of aromatic nitrogens is 1. The predicted molar refractivity (Wildman–Crippen MR) is 53.6 cm³/mol. The molecule has 76 valence electrons. The van der Waals surface area contributed by atoms with Gasteiger partial charge in [-0.15, -0.1) is 0 Å². The van der Waals surface area contributed by atoms with E-state index in [1.54, 1.807) is 12.4 Å². The molecule has 0 aliphatic heterocycles. The van der Waals surface area contributed by atoms with Crippen molar-refractivity contribution in [3.8, 4) is 0 Å². The number of pyridine rings is 1. The van der Waals surface area contributed by atoms with E-state index in [0.717, 1.165) is 12.0 Å². The van der Waals surface area contributed by atoms with E-state index < -0.39 is 5.67 Å². The highest BCUT2D eigenvalue weighted by molar-refractivity contribution is 5.13. The van der Waals surface area contributed by atoms with E-state index in [-0.39, 0.29) is 6.04 Å². The topological polar surface area (TPSA) is 38.9 Å². The van der Waals surface area contributed by atoms with Crippen LogP contribution >= 0.6 is 0 Å². The fourth-order valence-corrected chi connectivity index (χ4v) is 2.15. The zero-order valence-electron chi connectivity index (χ0n) is 8.12. The van der Waals surface area contributed by atoms with Crippen LogP contribution in [-0.4, -0.2) is 16.7 Å². The van der Waals surface area contributed by atoms with Crippen molar-refractivity contribution in [2.24, 2.45) is 5.73 Å². The van der Waals surface area contributed by atoms with Crippen LogP contribution < -0.4 is 5.73 Å². The van der Waals surface area contributed by atoms with Crippen LogP contribution in [0.15, 0.2) is 24.5 Å². The molecular weight excluding hydrogens is 179 g/mol. The lowest BCUT2D eigenvalue weighted by Crippen LogP contribution is -2.25. The second kappa shape index (κ2) is 3.65. The lowest BCUT2D eigenvalue weighted by atomic mass is 9.95. The van der Waals surface area contributed by atoms with Crippen molar-refractivity contribution in [2.75, 3.05) is 0 Å². The minimum absolute atomic E-state index is 0.0386. The Kier molecular flexibility index (Phi) is 2.50. The predicted octanol–water partition coefficient (Wildman–Crippen LogP) is 1.84. The van der Waals surface area contributed by atoms with E-state index in [2.05, 4.69) is 4.98 Å². The van der Waals surface area contributed by atoms with E-state index in [9.17, 15) is 4.39 Å². The van der Waals surface area contributed by atoms with Gasteiger partial charge in [0, 0.05) is 24.9 Å². The van der Waals surface area contributed by atoms with Crippen molar-refractivity contribution >= 4 is 0 Å². The minimum atomic E-state index is -1.09. The Balaban J connectivity index is 2.04. The molecule has 1 heterocycles. The molecular formula is C11H15FN2. The van der Waals surface area contributed by atoms with Gasteiger partial charge in [-0.3, -0.25) is 4.98 Å². The SMILES string of the molecule is NC1CCC(F)(Cc2cccnc2)C1. The van der Waals surface area contributed by atoms with Crippen LogP contribution in [0, 0.1) is 0 Å². The fourth-order valence-electron chi connectivity index (χ4n) is 2.15. The molecule has 1 aliphatic carbocycles. The molecule has 1 aromatic rings. The maximum atomic E-state index is 14.1. The molecule has 2 unspecified atom stereocenters. The van der Waals surface area contributed by atoms with E-state index in [4.69, 9.17) is 5.73 Å². The molecule has 0 saturated heterocycles. The van der Waals surface area contributed by atoms with Crippen LogP contribution in [0.25, 0.3) is 0 Å². The van der Waals surface area contributed by atoms with E-state index in [1.165, 1.54) is 0 Å². The Morgan fingerprint density at radius 3 is 3.07 bits per heavy atom. The Hall–Kier alpha value is -0.960. The third-order valence-corrected chi connectivity index (χ3v) is 2.83. The quantitative estimate of drug-likeness (QED) is 0.780. The molecule has 1 aromatic heterocycles. The third-order valence-electron chi connectivity index (χ3n) is 2.83. The van der Waals surface area contributed by atoms with Crippen LogP contribution in [0.5, 0.6) is 0 Å². The van der Waals surface area contributed by atoms with Gasteiger partial charge in [0.1, 0.15) is 5.67 Å². The molecule has 2 nitrogen and oxygen atoms in total. The summed E-state index contributed by atoms with van der Waals surface area (Å²) in [7, 11) is 0. The van der Waals surface area contributed by atoms with Gasteiger partial charge in [-0.2, -0.15) is 0 Å². The first-order chi connectivity index (χ1) is 6.68. The van der Waals surface area contributed by atoms with Crippen LogP contribution in [0.4, 0.5) is 4.39 Å². The van der Waals surface area contributed by atoms with Crippen LogP contribution in [0.3, 0.4) is 0 Å². The van der Waals surface area contributed by atoms with Gasteiger partial charge in [0.2, 0.25) is 0 Å². The lowest BCUT2D eigenvalue weighted by molar-refractivity contribution is 0.170. The summed E-state index contributed by atoms with van der Waals surface area (Å²) in [6, 6.07) is 3.79. The number of nitrogens with two attached hydrogens (primary N) is 1. The molecule has 14 heavy (non-hydrogen) atoms. The zero-order valence-corrected chi connectivity index (χ0v) is 8.12. The first-order valence-corrected chi connectivity index (χ1v) is 5.01. The van der Waals surface area contributed by atoms with E-state index in [1.807, 2.05) is 12.1 Å². The average molecular weight is 194 g/mol. The van der Waals surface area contributed by atoms with Gasteiger partial charge in [-0.25, -0.2) is 4.39 Å². The van der Waals surface area contributed by atoms with Gasteiger partial charge in [0.15, 0.2) is 0 Å². The number of halogens is 1. The number of alkyl halides is 1. The molecule has 0 radical (unpaired) electrons. The van der Waals surface area contributed by atoms with Crippen molar-refractivity contribution in [2.45, 2.75) is 37.4 Å². The number of hydrogen-bond donors (Lipinski definition) is 1. The van der Waals surface area contributed by atoms with Gasteiger partial charge in [0.25, 0.3) is 0 Å². The normalized spacial score (nSPS) is 32.0.